The lowest BCUT2D eigenvalue weighted by Gasteiger charge is -2.26. The number of hydrogen-bond donors (Lipinski definition) is 1. The Kier molecular flexibility index (Phi) is 3.18. The molecule has 0 saturated carbocycles. The molecule has 2 atom stereocenters. The molecule has 2 aromatic rings. The normalized spacial score (nSPS) is 25.3. The number of rotatable bonds is 2. The zero-order valence-electron chi connectivity index (χ0n) is 13.3. The molecule has 2 aromatic carbocycles. The van der Waals surface area contributed by atoms with Crippen molar-refractivity contribution in [2.75, 3.05) is 18.5 Å². The maximum Gasteiger partial charge on any atom is 0.269 e. The van der Waals surface area contributed by atoms with Gasteiger partial charge in [-0.25, -0.2) is 0 Å². The number of anilines is 1. The molecule has 2 aliphatic heterocycles. The van der Waals surface area contributed by atoms with E-state index >= 15 is 0 Å². The molecule has 122 valence electrons. The van der Waals surface area contributed by atoms with E-state index in [1.165, 1.54) is 12.1 Å². The molecule has 6 heteroatoms. The van der Waals surface area contributed by atoms with Crippen LogP contribution >= 0.6 is 0 Å². The van der Waals surface area contributed by atoms with Crippen molar-refractivity contribution in [3.63, 3.8) is 0 Å². The van der Waals surface area contributed by atoms with Crippen molar-refractivity contribution < 1.29 is 15.0 Å². The molecule has 24 heavy (non-hydrogen) atoms. The van der Waals surface area contributed by atoms with Gasteiger partial charge in [0.2, 0.25) is 5.91 Å². The minimum absolute atomic E-state index is 0.0584. The van der Waals surface area contributed by atoms with Crippen LogP contribution in [0.1, 0.15) is 23.6 Å². The zero-order chi connectivity index (χ0) is 16.9. The minimum Gasteiger partial charge on any atom is -0.339 e. The zero-order valence-corrected chi connectivity index (χ0v) is 13.3. The second-order valence-electron chi connectivity index (χ2n) is 6.45. The first-order valence-corrected chi connectivity index (χ1v) is 8.01. The lowest BCUT2D eigenvalue weighted by atomic mass is 9.73. The third-order valence-electron chi connectivity index (χ3n) is 5.37. The molecule has 1 spiro atoms. The maximum atomic E-state index is 13.1. The Bertz CT molecular complexity index is 834. The molecule has 0 radical (unpaired) electrons. The van der Waals surface area contributed by atoms with Crippen molar-refractivity contribution in [1.82, 2.24) is 0 Å². The second kappa shape index (κ2) is 5.14. The molecule has 1 amide bonds. The summed E-state index contributed by atoms with van der Waals surface area (Å²) in [6, 6.07) is 14.5. The monoisotopic (exact) mass is 324 g/mol. The summed E-state index contributed by atoms with van der Waals surface area (Å²) < 4.78 is 0. The van der Waals surface area contributed by atoms with Gasteiger partial charge >= 0.3 is 0 Å². The van der Waals surface area contributed by atoms with Gasteiger partial charge < -0.3 is 10.2 Å². The molecule has 0 aliphatic carbocycles. The second-order valence-corrected chi connectivity index (χ2v) is 6.45. The molecule has 1 saturated heterocycles. The fourth-order valence-electron chi connectivity index (χ4n) is 4.27. The summed E-state index contributed by atoms with van der Waals surface area (Å²) >= 11 is 0. The van der Waals surface area contributed by atoms with Crippen LogP contribution in [0.15, 0.2) is 48.5 Å². The van der Waals surface area contributed by atoms with Crippen LogP contribution in [-0.4, -0.2) is 24.4 Å². The number of quaternary nitrogens is 1. The van der Waals surface area contributed by atoms with Crippen LogP contribution in [0.4, 0.5) is 11.4 Å². The fourth-order valence-corrected chi connectivity index (χ4v) is 4.27. The molecular formula is C18H18N3O3+. The van der Waals surface area contributed by atoms with Gasteiger partial charge in [0.1, 0.15) is 11.5 Å². The van der Waals surface area contributed by atoms with E-state index in [9.17, 15) is 14.9 Å². The molecule has 0 unspecified atom stereocenters. The third kappa shape index (κ3) is 1.83. The standard InChI is InChI=1S/C18H17N3O3/c1-20-15-5-3-2-4-14(15)18(17(20)22)10-11-19-16(18)12-6-8-13(9-7-12)21(23)24/h2-9,16,19H,10-11H2,1H3/p+1/t16-,18-/m1/s1. The van der Waals surface area contributed by atoms with Crippen LogP contribution in [0.2, 0.25) is 0 Å². The van der Waals surface area contributed by atoms with Crippen molar-refractivity contribution >= 4 is 17.3 Å². The van der Waals surface area contributed by atoms with E-state index in [1.54, 1.807) is 17.0 Å². The molecule has 0 aromatic heterocycles. The first-order valence-electron chi connectivity index (χ1n) is 8.01. The molecular weight excluding hydrogens is 306 g/mol. The fraction of sp³-hybridized carbons (Fsp3) is 0.278. The molecule has 2 aliphatic rings. The largest absolute Gasteiger partial charge is 0.339 e. The third-order valence-corrected chi connectivity index (χ3v) is 5.37. The van der Waals surface area contributed by atoms with Gasteiger partial charge in [-0.15, -0.1) is 0 Å². The van der Waals surface area contributed by atoms with Gasteiger partial charge in [-0.1, -0.05) is 18.2 Å². The number of non-ortho nitro benzene ring substituents is 1. The van der Waals surface area contributed by atoms with Crippen LogP contribution in [-0.2, 0) is 10.2 Å². The highest BCUT2D eigenvalue weighted by Crippen LogP contribution is 2.50. The van der Waals surface area contributed by atoms with Crippen molar-refractivity contribution in [3.05, 3.63) is 69.8 Å². The first kappa shape index (κ1) is 14.8. The summed E-state index contributed by atoms with van der Waals surface area (Å²) in [5.74, 6) is 0.112. The van der Waals surface area contributed by atoms with Crippen LogP contribution < -0.4 is 10.2 Å². The topological polar surface area (TPSA) is 80.1 Å². The number of nitro groups is 1. The quantitative estimate of drug-likeness (QED) is 0.672. The Hall–Kier alpha value is -2.73. The summed E-state index contributed by atoms with van der Waals surface area (Å²) in [6.07, 6.45) is 0.773. The number of amides is 1. The van der Waals surface area contributed by atoms with Gasteiger partial charge in [0.05, 0.1) is 11.5 Å². The highest BCUT2D eigenvalue weighted by molar-refractivity contribution is 6.08. The van der Waals surface area contributed by atoms with Gasteiger partial charge in [0.15, 0.2) is 0 Å². The Morgan fingerprint density at radius 3 is 2.62 bits per heavy atom. The molecule has 1 fully saturated rings. The lowest BCUT2D eigenvalue weighted by molar-refractivity contribution is -0.679. The number of likely N-dealkylation sites (N-methyl/N-ethyl adjacent to an activating group) is 1. The van der Waals surface area contributed by atoms with Crippen LogP contribution in [0, 0.1) is 10.1 Å². The van der Waals surface area contributed by atoms with Crippen LogP contribution in [0.3, 0.4) is 0 Å². The predicted octanol–water partition coefficient (Wildman–Crippen LogP) is 1.52. The van der Waals surface area contributed by atoms with E-state index in [1.807, 2.05) is 31.3 Å². The van der Waals surface area contributed by atoms with Gasteiger partial charge in [0.25, 0.3) is 5.69 Å². The lowest BCUT2D eigenvalue weighted by Crippen LogP contribution is -2.83. The minimum atomic E-state index is -0.582. The van der Waals surface area contributed by atoms with Gasteiger partial charge in [-0.05, 0) is 23.8 Å². The average Bonchev–Trinajstić information content (AvgIpc) is 3.13. The number of benzene rings is 2. The number of nitrogens with two attached hydrogens (primary N) is 1. The average molecular weight is 324 g/mol. The van der Waals surface area contributed by atoms with Crippen LogP contribution in [0.5, 0.6) is 0 Å². The van der Waals surface area contributed by atoms with E-state index in [2.05, 4.69) is 5.32 Å². The number of fused-ring (bicyclic) bond motifs is 2. The summed E-state index contributed by atoms with van der Waals surface area (Å²) in [5.41, 5.74) is 2.47. The van der Waals surface area contributed by atoms with Crippen molar-refractivity contribution in [2.45, 2.75) is 17.9 Å². The Morgan fingerprint density at radius 1 is 1.21 bits per heavy atom. The van der Waals surface area contributed by atoms with E-state index in [4.69, 9.17) is 0 Å². The Balaban J connectivity index is 1.83. The smallest absolute Gasteiger partial charge is 0.269 e. The summed E-state index contributed by atoms with van der Waals surface area (Å²) in [6.45, 7) is 0.857. The number of nitro benzene ring substituents is 1. The SMILES string of the molecule is CN1C(=O)[C@]2(CC[NH2+][C@@H]2c2ccc([N+](=O)[O-])cc2)c2ccccc21. The molecule has 4 rings (SSSR count). The van der Waals surface area contributed by atoms with E-state index in [0.29, 0.717) is 0 Å². The highest BCUT2D eigenvalue weighted by atomic mass is 16.6. The van der Waals surface area contributed by atoms with Gasteiger partial charge in [-0.3, -0.25) is 14.9 Å². The predicted molar refractivity (Wildman–Crippen MR) is 88.8 cm³/mol. The number of carbonyl (C=O) groups excluding carboxylic acids is 1. The van der Waals surface area contributed by atoms with Crippen molar-refractivity contribution in [1.29, 1.82) is 0 Å². The molecule has 6 nitrogen and oxygen atoms in total. The van der Waals surface area contributed by atoms with Crippen molar-refractivity contribution in [3.8, 4) is 0 Å². The number of para-hydroxylation sites is 1. The summed E-state index contributed by atoms with van der Waals surface area (Å²) in [5, 5.41) is 13.1. The first-order chi connectivity index (χ1) is 11.6. The van der Waals surface area contributed by atoms with Crippen LogP contribution in [0.25, 0.3) is 0 Å². The molecule has 2 N–H and O–H groups in total. The van der Waals surface area contributed by atoms with Gasteiger partial charge in [0, 0.05) is 36.9 Å². The molecule has 2 heterocycles. The number of nitrogens with zero attached hydrogens (tertiary/aromatic N) is 2. The number of hydrogen-bond acceptors (Lipinski definition) is 3. The Labute approximate surface area is 139 Å². The van der Waals surface area contributed by atoms with E-state index < -0.39 is 10.3 Å². The summed E-state index contributed by atoms with van der Waals surface area (Å²) in [7, 11) is 1.82. The van der Waals surface area contributed by atoms with Crippen molar-refractivity contribution in [2.24, 2.45) is 0 Å². The molecule has 0 bridgehead atoms. The highest BCUT2D eigenvalue weighted by Gasteiger charge is 2.60. The summed E-state index contributed by atoms with van der Waals surface area (Å²) in [4.78, 5) is 25.4. The van der Waals surface area contributed by atoms with E-state index in [-0.39, 0.29) is 17.6 Å². The van der Waals surface area contributed by atoms with E-state index in [0.717, 1.165) is 29.8 Å². The maximum absolute atomic E-state index is 13.1. The van der Waals surface area contributed by atoms with Gasteiger partial charge in [-0.2, -0.15) is 0 Å². The Morgan fingerprint density at radius 2 is 1.92 bits per heavy atom. The number of carbonyl (C=O) groups is 1.